The van der Waals surface area contributed by atoms with Crippen molar-refractivity contribution in [2.75, 3.05) is 36.0 Å². The number of rotatable bonds is 32. The maximum atomic E-state index is 14.0. The van der Waals surface area contributed by atoms with Gasteiger partial charge in [0.05, 0.1) is 12.2 Å². The first kappa shape index (κ1) is 70.4. The van der Waals surface area contributed by atoms with Gasteiger partial charge in [-0.3, -0.25) is 60.7 Å². The van der Waals surface area contributed by atoms with Crippen molar-refractivity contribution in [3.63, 3.8) is 0 Å². The highest BCUT2D eigenvalue weighted by molar-refractivity contribution is 8.00. The van der Waals surface area contributed by atoms with E-state index in [-0.39, 0.29) is 91.8 Å². The molecule has 8 unspecified atom stereocenters. The number of nitrogens with zero attached hydrogens (tertiary/aromatic N) is 1. The molecular weight excluding hydrogens is 1190 g/mol. The molecule has 8 atom stereocenters. The van der Waals surface area contributed by atoms with Crippen molar-refractivity contribution in [2.45, 2.75) is 229 Å². The molecule has 22 heteroatoms. The second-order valence-electron chi connectivity index (χ2n) is 26.5. The van der Waals surface area contributed by atoms with Crippen LogP contribution in [0.3, 0.4) is 0 Å². The fraction of sp³-hybridized carbons (Fsp3) is 0.594. The summed E-state index contributed by atoms with van der Waals surface area (Å²) in [5.41, 5.74) is 3.65. The van der Waals surface area contributed by atoms with Gasteiger partial charge in [0.25, 0.3) is 5.91 Å². The molecule has 5 aliphatic heterocycles. The fourth-order valence-corrected chi connectivity index (χ4v) is 15.3. The van der Waals surface area contributed by atoms with Crippen LogP contribution in [0.2, 0.25) is 0 Å². The van der Waals surface area contributed by atoms with Crippen LogP contribution in [0, 0.1) is 11.8 Å². The molecule has 0 saturated carbocycles. The van der Waals surface area contributed by atoms with Gasteiger partial charge in [0.15, 0.2) is 0 Å². The number of carbonyl (C=O) groups excluding carboxylic acids is 8. The Bertz CT molecular complexity index is 2960. The highest BCUT2D eigenvalue weighted by Crippen LogP contribution is 2.35. The summed E-state index contributed by atoms with van der Waals surface area (Å²) in [5, 5.41) is 29.4. The van der Waals surface area contributed by atoms with E-state index in [0.29, 0.717) is 91.0 Å². The molecular formula is C69H96N10O10S2. The molecule has 0 bridgehead atoms. The Labute approximate surface area is 546 Å². The molecule has 4 saturated heterocycles. The highest BCUT2D eigenvalue weighted by atomic mass is 32.2. The average molecular weight is 1290 g/mol. The monoisotopic (exact) mass is 1290 g/mol. The predicted molar refractivity (Wildman–Crippen MR) is 357 cm³/mol. The lowest BCUT2D eigenvalue weighted by Gasteiger charge is -2.26. The molecule has 0 radical (unpaired) electrons. The molecule has 0 aliphatic carbocycles. The Morgan fingerprint density at radius 1 is 0.538 bits per heavy atom. The van der Waals surface area contributed by atoms with Crippen molar-refractivity contribution in [1.29, 1.82) is 0 Å². The second-order valence-corrected chi connectivity index (χ2v) is 29.1. The predicted octanol–water partition coefficient (Wildman–Crippen LogP) is 8.16. The lowest BCUT2D eigenvalue weighted by Crippen LogP contribution is -2.51. The molecule has 8 rings (SSSR count). The summed E-state index contributed by atoms with van der Waals surface area (Å²) in [4.78, 5) is 107. The lowest BCUT2D eigenvalue weighted by molar-refractivity contribution is -0.122. The lowest BCUT2D eigenvalue weighted by atomic mass is 9.96. The van der Waals surface area contributed by atoms with E-state index in [1.165, 1.54) is 0 Å². The largest absolute Gasteiger partial charge is 0.444 e. The van der Waals surface area contributed by atoms with E-state index in [9.17, 15) is 38.4 Å². The van der Waals surface area contributed by atoms with Crippen molar-refractivity contribution in [1.82, 2.24) is 47.9 Å². The number of ketones is 2. The van der Waals surface area contributed by atoms with Crippen molar-refractivity contribution < 1.29 is 47.8 Å². The second kappa shape index (κ2) is 34.4. The van der Waals surface area contributed by atoms with Gasteiger partial charge in [-0.15, -0.1) is 0 Å². The fourth-order valence-electron chi connectivity index (χ4n) is 12.2. The number of para-hydroxylation sites is 1. The molecule has 20 nitrogen and oxygen atoms in total. The van der Waals surface area contributed by atoms with Crippen LogP contribution in [0.15, 0.2) is 66.7 Å². The van der Waals surface area contributed by atoms with E-state index < -0.39 is 29.3 Å². The van der Waals surface area contributed by atoms with Gasteiger partial charge in [-0.1, -0.05) is 73.9 Å². The quantitative estimate of drug-likeness (QED) is 0.0211. The first-order valence-corrected chi connectivity index (χ1v) is 34.9. The topological polar surface area (TPSA) is 267 Å². The number of fused-ring (bicyclic) bond motifs is 4. The maximum absolute atomic E-state index is 14.0. The van der Waals surface area contributed by atoms with Gasteiger partial charge in [0, 0.05) is 127 Å². The minimum atomic E-state index is -0.575. The molecule has 0 aromatic heterocycles. The van der Waals surface area contributed by atoms with Crippen LogP contribution in [0.25, 0.3) is 0 Å². The highest BCUT2D eigenvalue weighted by Gasteiger charge is 2.45. The van der Waals surface area contributed by atoms with Crippen LogP contribution in [-0.2, 0) is 52.8 Å². The summed E-state index contributed by atoms with van der Waals surface area (Å²) in [6, 6.07) is 21.5. The number of anilines is 1. The third-order valence-electron chi connectivity index (χ3n) is 16.6. The van der Waals surface area contributed by atoms with Crippen LogP contribution in [0.1, 0.15) is 189 Å². The number of hydrogen-bond donors (Lipinski definition) is 9. The smallest absolute Gasteiger partial charge is 0.409 e. The van der Waals surface area contributed by atoms with Crippen molar-refractivity contribution >= 4 is 76.6 Å². The van der Waals surface area contributed by atoms with Gasteiger partial charge in [0.2, 0.25) is 17.7 Å². The van der Waals surface area contributed by atoms with Crippen LogP contribution in [0.4, 0.5) is 15.3 Å². The minimum Gasteiger partial charge on any atom is -0.444 e. The van der Waals surface area contributed by atoms with Gasteiger partial charge >= 0.3 is 12.2 Å². The first-order chi connectivity index (χ1) is 43.6. The van der Waals surface area contributed by atoms with Crippen LogP contribution in [-0.4, -0.2) is 137 Å². The van der Waals surface area contributed by atoms with Gasteiger partial charge in [-0.25, -0.2) is 9.59 Å². The summed E-state index contributed by atoms with van der Waals surface area (Å²) < 4.78 is 10.8. The van der Waals surface area contributed by atoms with Crippen LogP contribution in [0.5, 0.6) is 0 Å². The molecule has 4 fully saturated rings. The Hall–Kier alpha value is -6.48. The number of amides is 6. The third-order valence-corrected chi connectivity index (χ3v) is 19.6. The Morgan fingerprint density at radius 2 is 1.02 bits per heavy atom. The zero-order valence-corrected chi connectivity index (χ0v) is 55.6. The first-order valence-electron chi connectivity index (χ1n) is 32.8. The van der Waals surface area contributed by atoms with E-state index in [0.717, 1.165) is 92.4 Å². The van der Waals surface area contributed by atoms with Crippen molar-refractivity contribution in [3.05, 3.63) is 100 Å². The van der Waals surface area contributed by atoms with Crippen molar-refractivity contribution in [3.8, 4) is 11.8 Å². The Morgan fingerprint density at radius 3 is 1.55 bits per heavy atom. The number of alkyl carbamates (subject to hydrolysis) is 2. The molecule has 494 valence electrons. The van der Waals surface area contributed by atoms with Gasteiger partial charge in [-0.2, -0.15) is 23.5 Å². The van der Waals surface area contributed by atoms with Crippen molar-refractivity contribution in [2.24, 2.45) is 0 Å². The summed E-state index contributed by atoms with van der Waals surface area (Å²) in [6.07, 6.45) is 9.78. The van der Waals surface area contributed by atoms with Gasteiger partial charge in [0.1, 0.15) is 35.3 Å². The van der Waals surface area contributed by atoms with E-state index in [4.69, 9.17) is 9.47 Å². The summed E-state index contributed by atoms with van der Waals surface area (Å²) in [7, 11) is 0. The van der Waals surface area contributed by atoms with Crippen LogP contribution < -0.4 is 52.8 Å². The molecule has 3 aromatic carbocycles. The van der Waals surface area contributed by atoms with Gasteiger partial charge < -0.3 is 30.3 Å². The number of thioether (sulfide) groups is 2. The van der Waals surface area contributed by atoms with Gasteiger partial charge in [-0.05, 0) is 140 Å². The van der Waals surface area contributed by atoms with E-state index in [1.807, 2.05) is 120 Å². The molecule has 3 aromatic rings. The van der Waals surface area contributed by atoms with Crippen LogP contribution >= 0.6 is 23.5 Å². The Balaban J connectivity index is 0.740. The Kier molecular flexibility index (Phi) is 26.6. The normalized spacial score (nSPS) is 21.3. The molecule has 5 heterocycles. The number of benzene rings is 3. The number of ether oxygens (including phenoxy) is 2. The number of carbonyl (C=O) groups is 8. The molecule has 9 N–H and O–H groups in total. The average Bonchev–Trinajstić information content (AvgIpc) is 1.83. The number of unbranched alkanes of at least 4 members (excludes halogenated alkanes) is 6. The SMILES string of the molecule is CC(C)(C)OC(=O)NC1NC2CSC(CCCCC(=O)NCCCCCC(=O)Cc3cc(CC(=O)CCCCCNC(=O)CCCCC4SCC5NC(NC(=O)OC(C)(C)C)NC54)cc(C(=O)NCCC(=O)N4Cc5ccccc5C#Cc5ccccc54)c3)C2N1. The summed E-state index contributed by atoms with van der Waals surface area (Å²) in [5.74, 6) is 7.83. The van der Waals surface area contributed by atoms with E-state index in [1.54, 1.807) is 17.0 Å². The standard InChI is InChI=1S/C69H96N10O10S2/c1-68(2,3)88-66(86)77-64-73-53-43-90-56(61(53)75-64)27-15-17-29-58(82)70-34-19-7-9-24-51(80)40-45-37-46(39-50(38-45)63(85)72-36-33-60(84)79-42-49-23-12-11-21-47(49)31-32-48-22-13-14-26-55(48)79)41-52(81)25-10-8-20-35-71-59(83)30-18-16-28-57-62-54(44-91-57)74-65(76-62)78-67(87)89-69(4,5)6/h11-14,21-23,26,37-39,53-54,56-57,61-62,64-65,73-76H,7-10,15-20,24-25,27-30,33-36,40-44H2,1-6H3,(H,70,82)(H,71,83)(H,72,85)(H,77,86)(H,78,87). The zero-order valence-electron chi connectivity index (χ0n) is 54.0. The summed E-state index contributed by atoms with van der Waals surface area (Å²) >= 11 is 3.83. The molecule has 91 heavy (non-hydrogen) atoms. The number of hydrogen-bond acceptors (Lipinski definition) is 16. The summed E-state index contributed by atoms with van der Waals surface area (Å²) in [6.45, 7) is 12.5. The van der Waals surface area contributed by atoms with E-state index >= 15 is 0 Å². The van der Waals surface area contributed by atoms with E-state index in [2.05, 4.69) is 59.7 Å². The molecule has 5 aliphatic rings. The maximum Gasteiger partial charge on any atom is 0.409 e. The number of Topliss-reactive ketones (excluding diaryl/α,β-unsaturated/α-hetero) is 2. The molecule has 6 amide bonds. The number of nitrogens with one attached hydrogen (secondary N) is 9. The molecule has 0 spiro atoms. The third kappa shape index (κ3) is 23.2. The minimum absolute atomic E-state index is 0.00693. The zero-order chi connectivity index (χ0) is 64.9.